The van der Waals surface area contributed by atoms with Crippen LogP contribution in [0, 0.1) is 0 Å². The number of aliphatic carboxylic acids is 2. The van der Waals surface area contributed by atoms with Crippen LogP contribution in [0.4, 0.5) is 0 Å². The normalized spacial score (nSPS) is 21.9. The number of amides is 1. The Morgan fingerprint density at radius 2 is 1.88 bits per heavy atom. The van der Waals surface area contributed by atoms with Gasteiger partial charge < -0.3 is 25.7 Å². The Labute approximate surface area is 154 Å². The monoisotopic (exact) mass is 386 g/mol. The van der Waals surface area contributed by atoms with Crippen molar-refractivity contribution in [2.24, 2.45) is 0 Å². The molecule has 1 aliphatic rings. The number of thioether (sulfide) groups is 1. The molecule has 1 aliphatic heterocycles. The Morgan fingerprint density at radius 1 is 1.27 bits per heavy atom. The zero-order valence-corrected chi connectivity index (χ0v) is 15.1. The summed E-state index contributed by atoms with van der Waals surface area (Å²) < 4.78 is 4.57. The topological polar surface area (TPSA) is 156 Å². The number of carbonyl (C=O) groups excluding carboxylic acids is 1. The lowest BCUT2D eigenvalue weighted by atomic mass is 10.0. The molecule has 0 saturated carbocycles. The van der Waals surface area contributed by atoms with E-state index >= 15 is 0 Å². The lowest BCUT2D eigenvalue weighted by molar-refractivity contribution is -0.143. The minimum atomic E-state index is -1.28. The molecule has 3 unspecified atom stereocenters. The Morgan fingerprint density at radius 3 is 2.38 bits per heavy atom. The fourth-order valence-electron chi connectivity index (χ4n) is 2.47. The van der Waals surface area contributed by atoms with Gasteiger partial charge in [0.2, 0.25) is 0 Å². The number of benzene rings is 1. The van der Waals surface area contributed by atoms with Crippen molar-refractivity contribution in [3.8, 4) is 5.75 Å². The van der Waals surface area contributed by atoms with Gasteiger partial charge in [0.25, 0.3) is 5.91 Å². The van der Waals surface area contributed by atoms with Gasteiger partial charge in [0.05, 0.1) is 5.37 Å². The second-order valence-corrected chi connectivity index (χ2v) is 7.86. The van der Waals surface area contributed by atoms with Crippen LogP contribution in [-0.2, 0) is 14.4 Å². The van der Waals surface area contributed by atoms with Crippen molar-refractivity contribution in [2.75, 3.05) is 6.61 Å². The van der Waals surface area contributed by atoms with Crippen molar-refractivity contribution in [3.05, 3.63) is 30.3 Å². The molecule has 1 amide bonds. The van der Waals surface area contributed by atoms with Gasteiger partial charge >= 0.3 is 11.9 Å². The summed E-state index contributed by atoms with van der Waals surface area (Å²) in [6, 6.07) is 6.47. The maximum Gasteiger partial charge on any atom is 0.328 e. The van der Waals surface area contributed by atoms with E-state index in [-0.39, 0.29) is 12.1 Å². The van der Waals surface area contributed by atoms with Gasteiger partial charge in [-0.05, 0) is 26.0 Å². The molecule has 1 saturated heterocycles. The predicted molar refractivity (Wildman–Crippen MR) is 95.1 cm³/mol. The summed E-state index contributed by atoms with van der Waals surface area (Å²) in [4.78, 5) is 34.8. The molecule has 2 rings (SSSR count). The van der Waals surface area contributed by atoms with Crippen molar-refractivity contribution >= 4 is 29.6 Å². The van der Waals surface area contributed by atoms with Gasteiger partial charge in [-0.25, -0.2) is 4.79 Å². The van der Waals surface area contributed by atoms with Gasteiger partial charge in [0, 0.05) is 4.75 Å². The summed E-state index contributed by atoms with van der Waals surface area (Å²) in [6.45, 7) is 3.09. The molecule has 9 nitrogen and oxygen atoms in total. The average Bonchev–Trinajstić information content (AvgIpc) is 2.86. The SMILES string of the molecule is CC1(C)SC(C(NC(=O)COc2ccccc2)C(=O)O)NC1C(=O)O.O. The maximum absolute atomic E-state index is 12.0. The number of carbonyl (C=O) groups is 3. The van der Waals surface area contributed by atoms with Crippen LogP contribution in [0.25, 0.3) is 0 Å². The van der Waals surface area contributed by atoms with Crippen molar-refractivity contribution in [1.82, 2.24) is 10.6 Å². The number of hydrogen-bond donors (Lipinski definition) is 4. The largest absolute Gasteiger partial charge is 0.484 e. The van der Waals surface area contributed by atoms with Gasteiger partial charge in [0.15, 0.2) is 12.6 Å². The van der Waals surface area contributed by atoms with Gasteiger partial charge in [-0.1, -0.05) is 18.2 Å². The first-order valence-corrected chi connectivity index (χ1v) is 8.45. The summed E-state index contributed by atoms with van der Waals surface area (Å²) in [5.41, 5.74) is 0. The van der Waals surface area contributed by atoms with E-state index in [2.05, 4.69) is 10.6 Å². The second-order valence-electron chi connectivity index (χ2n) is 6.06. The minimum absolute atomic E-state index is 0. The first-order chi connectivity index (χ1) is 11.7. The molecule has 10 heteroatoms. The number of para-hydroxylation sites is 1. The predicted octanol–water partition coefficient (Wildman–Crippen LogP) is -0.296. The van der Waals surface area contributed by atoms with Crippen molar-refractivity contribution in [1.29, 1.82) is 0 Å². The fourth-order valence-corrected chi connectivity index (χ4v) is 3.96. The van der Waals surface area contributed by atoms with Crippen LogP contribution in [0.1, 0.15) is 13.8 Å². The molecular formula is C16H22N2O7S. The molecule has 1 fully saturated rings. The summed E-state index contributed by atoms with van der Waals surface area (Å²) >= 11 is 1.17. The van der Waals surface area contributed by atoms with Crippen LogP contribution in [0.5, 0.6) is 5.75 Å². The van der Waals surface area contributed by atoms with Crippen LogP contribution in [0.2, 0.25) is 0 Å². The molecule has 0 bridgehead atoms. The van der Waals surface area contributed by atoms with Crippen molar-refractivity contribution < 1.29 is 34.8 Å². The van der Waals surface area contributed by atoms with Gasteiger partial charge in [-0.3, -0.25) is 14.9 Å². The number of carboxylic acids is 2. The highest BCUT2D eigenvalue weighted by Crippen LogP contribution is 2.39. The molecule has 1 aromatic rings. The van der Waals surface area contributed by atoms with E-state index in [9.17, 15) is 24.6 Å². The molecule has 6 N–H and O–H groups in total. The standard InChI is InChI=1S/C16H20N2O6S.H2O/c1-16(2)12(15(22)23)18-13(25-16)11(14(20)21)17-10(19)8-24-9-6-4-3-5-7-9;/h3-7,11-13,18H,8H2,1-2H3,(H,17,19)(H,20,21)(H,22,23);1H2. The molecular weight excluding hydrogens is 364 g/mol. The van der Waals surface area contributed by atoms with E-state index in [1.807, 2.05) is 0 Å². The Bertz CT molecular complexity index is 653. The van der Waals surface area contributed by atoms with Crippen molar-refractivity contribution in [3.63, 3.8) is 0 Å². The minimum Gasteiger partial charge on any atom is -0.484 e. The van der Waals surface area contributed by atoms with E-state index in [0.29, 0.717) is 5.75 Å². The van der Waals surface area contributed by atoms with E-state index in [1.54, 1.807) is 44.2 Å². The lowest BCUT2D eigenvalue weighted by Crippen LogP contribution is -2.54. The Hall–Kier alpha value is -2.30. The molecule has 1 heterocycles. The van der Waals surface area contributed by atoms with E-state index in [0.717, 1.165) is 0 Å². The third kappa shape index (κ3) is 5.35. The maximum atomic E-state index is 12.0. The van der Waals surface area contributed by atoms with Crippen molar-refractivity contribution in [2.45, 2.75) is 36.1 Å². The smallest absolute Gasteiger partial charge is 0.328 e. The lowest BCUT2D eigenvalue weighted by Gasteiger charge is -2.22. The number of nitrogens with one attached hydrogen (secondary N) is 2. The third-order valence-electron chi connectivity index (χ3n) is 3.70. The van der Waals surface area contributed by atoms with E-state index in [1.165, 1.54) is 11.8 Å². The third-order valence-corrected chi connectivity index (χ3v) is 5.21. The second kappa shape index (κ2) is 8.88. The molecule has 0 spiro atoms. The Kier molecular flexibility index (Phi) is 7.42. The first-order valence-electron chi connectivity index (χ1n) is 7.57. The van der Waals surface area contributed by atoms with Crippen LogP contribution in [0.15, 0.2) is 30.3 Å². The number of carboxylic acid groups (broad SMARTS) is 2. The molecule has 1 aromatic carbocycles. The van der Waals surface area contributed by atoms with Crippen LogP contribution >= 0.6 is 11.8 Å². The molecule has 26 heavy (non-hydrogen) atoms. The highest BCUT2D eigenvalue weighted by molar-refractivity contribution is 8.01. The molecule has 3 atom stereocenters. The zero-order chi connectivity index (χ0) is 18.6. The number of ether oxygens (including phenoxy) is 1. The summed E-state index contributed by atoms with van der Waals surface area (Å²) in [5.74, 6) is -2.43. The summed E-state index contributed by atoms with van der Waals surface area (Å²) in [7, 11) is 0. The highest BCUT2D eigenvalue weighted by atomic mass is 32.2. The summed E-state index contributed by atoms with van der Waals surface area (Å²) in [5, 5.41) is 23.0. The molecule has 0 aromatic heterocycles. The quantitative estimate of drug-likeness (QED) is 0.498. The average molecular weight is 386 g/mol. The first kappa shape index (κ1) is 21.7. The number of hydrogen-bond acceptors (Lipinski definition) is 6. The van der Waals surface area contributed by atoms with Gasteiger partial charge in [-0.2, -0.15) is 0 Å². The van der Waals surface area contributed by atoms with E-state index in [4.69, 9.17) is 4.74 Å². The molecule has 144 valence electrons. The van der Waals surface area contributed by atoms with Crippen LogP contribution in [0.3, 0.4) is 0 Å². The van der Waals surface area contributed by atoms with Crippen LogP contribution < -0.4 is 15.4 Å². The fraction of sp³-hybridized carbons (Fsp3) is 0.438. The molecule has 0 radical (unpaired) electrons. The molecule has 0 aliphatic carbocycles. The Balaban J connectivity index is 0.00000338. The van der Waals surface area contributed by atoms with Gasteiger partial charge in [-0.15, -0.1) is 11.8 Å². The zero-order valence-electron chi connectivity index (χ0n) is 14.3. The van der Waals surface area contributed by atoms with E-state index < -0.39 is 40.1 Å². The summed E-state index contributed by atoms with van der Waals surface area (Å²) in [6.07, 6.45) is 0. The van der Waals surface area contributed by atoms with Crippen LogP contribution in [-0.4, -0.2) is 62.3 Å². The number of rotatable bonds is 7. The van der Waals surface area contributed by atoms with Gasteiger partial charge in [0.1, 0.15) is 11.8 Å². The highest BCUT2D eigenvalue weighted by Gasteiger charge is 2.49.